The number of imide groups is 1. The number of nitrogens with one attached hydrogen (secondary N) is 3. The van der Waals surface area contributed by atoms with Crippen molar-refractivity contribution < 1.29 is 19.2 Å². The number of rotatable bonds is 6. The van der Waals surface area contributed by atoms with Gasteiger partial charge in [0.05, 0.1) is 0 Å². The molecule has 1 saturated heterocycles. The molecule has 1 aliphatic rings. The number of hydrogen-bond donors (Lipinski definition) is 3. The van der Waals surface area contributed by atoms with E-state index in [-0.39, 0.29) is 11.6 Å². The van der Waals surface area contributed by atoms with Gasteiger partial charge < -0.3 is 10.6 Å². The Labute approximate surface area is 202 Å². The van der Waals surface area contributed by atoms with Gasteiger partial charge in [-0.25, -0.2) is 9.69 Å². The van der Waals surface area contributed by atoms with Gasteiger partial charge in [-0.05, 0) is 68.3 Å². The van der Waals surface area contributed by atoms with E-state index >= 15 is 0 Å². The van der Waals surface area contributed by atoms with E-state index in [4.69, 9.17) is 0 Å². The van der Waals surface area contributed by atoms with Crippen LogP contribution < -0.4 is 16.1 Å². The molecule has 9 nitrogen and oxygen atoms in total. The SMILES string of the molecule is Cc1cccc(NC(=O)CN2C(=O)N/C(=C\c3cc(C)n(NC(=O)c4ccccc4)c3C)C2=O)c1. The summed E-state index contributed by atoms with van der Waals surface area (Å²) in [7, 11) is 0. The molecule has 3 aromatic rings. The first kappa shape index (κ1) is 23.5. The van der Waals surface area contributed by atoms with Gasteiger partial charge in [-0.3, -0.25) is 24.5 Å². The van der Waals surface area contributed by atoms with Crippen LogP contribution in [0.4, 0.5) is 10.5 Å². The predicted octanol–water partition coefficient (Wildman–Crippen LogP) is 3.33. The number of benzene rings is 2. The normalized spacial score (nSPS) is 14.3. The molecule has 178 valence electrons. The summed E-state index contributed by atoms with van der Waals surface area (Å²) >= 11 is 0. The van der Waals surface area contributed by atoms with Gasteiger partial charge in [0.1, 0.15) is 12.2 Å². The van der Waals surface area contributed by atoms with Crippen molar-refractivity contribution in [1.29, 1.82) is 0 Å². The van der Waals surface area contributed by atoms with E-state index in [9.17, 15) is 19.2 Å². The average Bonchev–Trinajstić information content (AvgIpc) is 3.24. The zero-order valence-corrected chi connectivity index (χ0v) is 19.6. The molecule has 0 radical (unpaired) electrons. The molecular weight excluding hydrogens is 446 g/mol. The molecule has 3 N–H and O–H groups in total. The second-order valence-electron chi connectivity index (χ2n) is 8.27. The summed E-state index contributed by atoms with van der Waals surface area (Å²) in [6, 6.07) is 17.2. The fraction of sp³-hybridized carbons (Fsp3) is 0.154. The topological polar surface area (TPSA) is 113 Å². The quantitative estimate of drug-likeness (QED) is 0.378. The van der Waals surface area contributed by atoms with Crippen molar-refractivity contribution in [3.63, 3.8) is 0 Å². The first-order valence-corrected chi connectivity index (χ1v) is 11.0. The number of hydrogen-bond acceptors (Lipinski definition) is 4. The number of carbonyl (C=O) groups is 4. The summed E-state index contributed by atoms with van der Waals surface area (Å²) in [5.41, 5.74) is 7.02. The molecule has 0 spiro atoms. The molecule has 1 aliphatic heterocycles. The molecule has 9 heteroatoms. The number of nitrogens with zero attached hydrogens (tertiary/aromatic N) is 2. The van der Waals surface area contributed by atoms with Crippen molar-refractivity contribution in [2.24, 2.45) is 0 Å². The highest BCUT2D eigenvalue weighted by molar-refractivity contribution is 6.16. The minimum absolute atomic E-state index is 0.0491. The van der Waals surface area contributed by atoms with Gasteiger partial charge in [-0.15, -0.1) is 0 Å². The molecule has 35 heavy (non-hydrogen) atoms. The summed E-state index contributed by atoms with van der Waals surface area (Å²) in [4.78, 5) is 51.1. The highest BCUT2D eigenvalue weighted by Crippen LogP contribution is 2.20. The lowest BCUT2D eigenvalue weighted by molar-refractivity contribution is -0.127. The molecule has 5 amide bonds. The molecule has 0 aliphatic carbocycles. The van der Waals surface area contributed by atoms with E-state index in [2.05, 4.69) is 16.1 Å². The monoisotopic (exact) mass is 471 g/mol. The van der Waals surface area contributed by atoms with Gasteiger partial charge in [-0.2, -0.15) is 0 Å². The van der Waals surface area contributed by atoms with E-state index in [1.54, 1.807) is 60.1 Å². The lowest BCUT2D eigenvalue weighted by Crippen LogP contribution is -2.38. The van der Waals surface area contributed by atoms with Crippen molar-refractivity contribution in [3.05, 3.63) is 94.4 Å². The molecule has 1 fully saturated rings. The third kappa shape index (κ3) is 5.14. The Hall–Kier alpha value is -4.66. The van der Waals surface area contributed by atoms with Gasteiger partial charge in [0.25, 0.3) is 11.8 Å². The third-order valence-corrected chi connectivity index (χ3v) is 5.59. The zero-order valence-electron chi connectivity index (χ0n) is 19.6. The Kier molecular flexibility index (Phi) is 6.50. The van der Waals surface area contributed by atoms with E-state index in [1.807, 2.05) is 26.0 Å². The van der Waals surface area contributed by atoms with Crippen LogP contribution in [0.2, 0.25) is 0 Å². The minimum atomic E-state index is -0.674. The fourth-order valence-corrected chi connectivity index (χ4v) is 3.80. The fourth-order valence-electron chi connectivity index (χ4n) is 3.80. The second kappa shape index (κ2) is 9.68. The number of aromatic nitrogens is 1. The molecule has 2 aromatic carbocycles. The standard InChI is InChI=1S/C26H25N5O4/c1-16-8-7-11-21(12-16)27-23(32)15-30-25(34)22(28-26(30)35)14-20-13-17(2)31(18(20)3)29-24(33)19-9-5-4-6-10-19/h4-14H,15H2,1-3H3,(H,27,32)(H,28,35)(H,29,33)/b22-14-. The average molecular weight is 472 g/mol. The third-order valence-electron chi connectivity index (χ3n) is 5.59. The zero-order chi connectivity index (χ0) is 25.1. The van der Waals surface area contributed by atoms with Crippen LogP contribution in [0.25, 0.3) is 6.08 Å². The van der Waals surface area contributed by atoms with Crippen molar-refractivity contribution in [2.45, 2.75) is 20.8 Å². The predicted molar refractivity (Wildman–Crippen MR) is 132 cm³/mol. The van der Waals surface area contributed by atoms with Crippen molar-refractivity contribution >= 4 is 35.5 Å². The van der Waals surface area contributed by atoms with E-state index in [1.165, 1.54) is 6.08 Å². The summed E-state index contributed by atoms with van der Waals surface area (Å²) in [6.45, 7) is 5.09. The molecule has 1 aromatic heterocycles. The van der Waals surface area contributed by atoms with E-state index < -0.39 is 24.4 Å². The highest BCUT2D eigenvalue weighted by atomic mass is 16.2. The maximum Gasteiger partial charge on any atom is 0.329 e. The van der Waals surface area contributed by atoms with Crippen molar-refractivity contribution in [1.82, 2.24) is 14.9 Å². The highest BCUT2D eigenvalue weighted by Gasteiger charge is 2.35. The van der Waals surface area contributed by atoms with Gasteiger partial charge in [0.2, 0.25) is 5.91 Å². The van der Waals surface area contributed by atoms with Crippen LogP contribution in [-0.2, 0) is 9.59 Å². The summed E-state index contributed by atoms with van der Waals surface area (Å²) in [5.74, 6) is -1.36. The van der Waals surface area contributed by atoms with Gasteiger partial charge in [-0.1, -0.05) is 30.3 Å². The summed E-state index contributed by atoms with van der Waals surface area (Å²) in [5, 5.41) is 5.22. The van der Waals surface area contributed by atoms with Gasteiger partial charge >= 0.3 is 6.03 Å². The Morgan fingerprint density at radius 1 is 0.971 bits per heavy atom. The largest absolute Gasteiger partial charge is 0.329 e. The molecule has 0 bridgehead atoms. The molecule has 0 atom stereocenters. The number of urea groups is 1. The maximum atomic E-state index is 12.8. The molecule has 0 saturated carbocycles. The Bertz CT molecular complexity index is 1360. The van der Waals surface area contributed by atoms with Crippen molar-refractivity contribution in [2.75, 3.05) is 17.3 Å². The number of amides is 5. The van der Waals surface area contributed by atoms with E-state index in [0.717, 1.165) is 16.2 Å². The van der Waals surface area contributed by atoms with Crippen molar-refractivity contribution in [3.8, 4) is 0 Å². The summed E-state index contributed by atoms with van der Waals surface area (Å²) < 4.78 is 1.62. The Balaban J connectivity index is 1.48. The number of anilines is 1. The van der Waals surface area contributed by atoms with Crippen LogP contribution in [0.3, 0.4) is 0 Å². The van der Waals surface area contributed by atoms with Crippen LogP contribution in [0.5, 0.6) is 0 Å². The second-order valence-corrected chi connectivity index (χ2v) is 8.27. The smallest absolute Gasteiger partial charge is 0.325 e. The first-order chi connectivity index (χ1) is 16.7. The van der Waals surface area contributed by atoms with Crippen LogP contribution in [0, 0.1) is 20.8 Å². The van der Waals surface area contributed by atoms with Crippen LogP contribution in [-0.4, -0.2) is 39.9 Å². The number of aryl methyl sites for hydroxylation is 2. The molecule has 2 heterocycles. The Morgan fingerprint density at radius 3 is 2.43 bits per heavy atom. The van der Waals surface area contributed by atoms with E-state index in [0.29, 0.717) is 22.5 Å². The molecule has 0 unspecified atom stereocenters. The molecular formula is C26H25N5O4. The van der Waals surface area contributed by atoms with Gasteiger partial charge in [0, 0.05) is 22.6 Å². The number of carbonyl (C=O) groups excluding carboxylic acids is 4. The molecule has 4 rings (SSSR count). The van der Waals surface area contributed by atoms with Gasteiger partial charge in [0.15, 0.2) is 0 Å². The van der Waals surface area contributed by atoms with Crippen LogP contribution in [0.15, 0.2) is 66.4 Å². The lowest BCUT2D eigenvalue weighted by atomic mass is 10.2. The minimum Gasteiger partial charge on any atom is -0.325 e. The maximum absolute atomic E-state index is 12.8. The summed E-state index contributed by atoms with van der Waals surface area (Å²) in [6.07, 6.45) is 1.53. The Morgan fingerprint density at radius 2 is 1.71 bits per heavy atom. The van der Waals surface area contributed by atoms with Crippen LogP contribution >= 0.6 is 0 Å². The lowest BCUT2D eigenvalue weighted by Gasteiger charge is -2.12. The van der Waals surface area contributed by atoms with Crippen LogP contribution in [0.1, 0.15) is 32.9 Å². The first-order valence-electron chi connectivity index (χ1n) is 11.0.